The minimum absolute atomic E-state index is 0.115. The zero-order chi connectivity index (χ0) is 16.7. The van der Waals surface area contributed by atoms with E-state index in [0.717, 1.165) is 10.8 Å². The summed E-state index contributed by atoms with van der Waals surface area (Å²) < 4.78 is 29.5. The van der Waals surface area contributed by atoms with Crippen LogP contribution in [-0.4, -0.2) is 30.9 Å². The molecule has 6 nitrogen and oxygen atoms in total. The fourth-order valence-corrected chi connectivity index (χ4v) is 2.65. The number of carbonyl (C=O) groups excluding carboxylic acids is 1. The van der Waals surface area contributed by atoms with Crippen LogP contribution in [0.3, 0.4) is 0 Å². The molecule has 0 fully saturated rings. The second-order valence-corrected chi connectivity index (χ2v) is 7.98. The van der Waals surface area contributed by atoms with E-state index in [1.165, 1.54) is 24.4 Å². The molecule has 0 aliphatic heterocycles. The molecule has 0 N–H and O–H groups in total. The molecule has 116 valence electrons. The molecule has 1 aromatic heterocycles. The van der Waals surface area contributed by atoms with Gasteiger partial charge in [0.15, 0.2) is 9.84 Å². The van der Waals surface area contributed by atoms with Gasteiger partial charge in [-0.05, 0) is 32.9 Å². The zero-order valence-electron chi connectivity index (χ0n) is 12.7. The number of aromatic nitrogens is 1. The molecule has 0 aliphatic rings. The van der Waals surface area contributed by atoms with Crippen LogP contribution < -0.4 is 0 Å². The molecule has 0 saturated heterocycles. The van der Waals surface area contributed by atoms with Crippen LogP contribution >= 0.6 is 0 Å². The molecule has 0 saturated carbocycles. The van der Waals surface area contributed by atoms with Crippen molar-refractivity contribution in [2.75, 3.05) is 6.26 Å². The van der Waals surface area contributed by atoms with Crippen LogP contribution in [0.25, 0.3) is 10.8 Å². The van der Waals surface area contributed by atoms with E-state index in [2.05, 4.69) is 0 Å². The maximum Gasteiger partial charge on any atom is 0.419 e. The third kappa shape index (κ3) is 3.12. The highest BCUT2D eigenvalue weighted by Gasteiger charge is 2.22. The Kier molecular flexibility index (Phi) is 3.75. The van der Waals surface area contributed by atoms with Crippen molar-refractivity contribution in [2.24, 2.45) is 0 Å². The van der Waals surface area contributed by atoms with Gasteiger partial charge in [-0.25, -0.2) is 17.8 Å². The monoisotopic (exact) mass is 320 g/mol. The van der Waals surface area contributed by atoms with E-state index in [4.69, 9.17) is 4.74 Å². The molecule has 0 bridgehead atoms. The third-order valence-electron chi connectivity index (χ3n) is 2.91. The lowest BCUT2D eigenvalue weighted by Gasteiger charge is -2.19. The third-order valence-corrected chi connectivity index (χ3v) is 4.02. The van der Waals surface area contributed by atoms with Crippen molar-refractivity contribution in [3.8, 4) is 6.07 Å². The van der Waals surface area contributed by atoms with Crippen molar-refractivity contribution in [3.63, 3.8) is 0 Å². The Balaban J connectivity index is 2.62. The van der Waals surface area contributed by atoms with Gasteiger partial charge in [0, 0.05) is 23.2 Å². The number of fused-ring (bicyclic) bond motifs is 1. The molecular weight excluding hydrogens is 304 g/mol. The number of ether oxygens (including phenoxy) is 1. The molecule has 0 aliphatic carbocycles. The second kappa shape index (κ2) is 5.14. The normalized spacial score (nSPS) is 12.1. The maximum absolute atomic E-state index is 12.2. The van der Waals surface area contributed by atoms with Gasteiger partial charge in [0.05, 0.1) is 4.90 Å². The SMILES string of the molecule is CC(C)(C)OC(=O)n1cc2cc(S(C)(=O)=O)ccc2c1C#N. The summed E-state index contributed by atoms with van der Waals surface area (Å²) >= 11 is 0. The van der Waals surface area contributed by atoms with E-state index >= 15 is 0 Å². The average molecular weight is 320 g/mol. The molecule has 0 atom stereocenters. The van der Waals surface area contributed by atoms with Crippen molar-refractivity contribution in [2.45, 2.75) is 31.3 Å². The fourth-order valence-electron chi connectivity index (χ4n) is 2.00. The number of sulfone groups is 1. The molecule has 2 rings (SSSR count). The first-order valence-electron chi connectivity index (χ1n) is 6.51. The van der Waals surface area contributed by atoms with Gasteiger partial charge in [-0.2, -0.15) is 5.26 Å². The van der Waals surface area contributed by atoms with Crippen molar-refractivity contribution in [3.05, 3.63) is 30.1 Å². The largest absolute Gasteiger partial charge is 0.443 e. The Morgan fingerprint density at radius 3 is 2.45 bits per heavy atom. The smallest absolute Gasteiger partial charge is 0.419 e. The molecule has 2 aromatic rings. The van der Waals surface area contributed by atoms with Crippen molar-refractivity contribution >= 4 is 26.7 Å². The molecule has 0 unspecified atom stereocenters. The molecule has 0 spiro atoms. The van der Waals surface area contributed by atoms with E-state index in [9.17, 15) is 18.5 Å². The lowest BCUT2D eigenvalue weighted by Crippen LogP contribution is -2.27. The first-order valence-corrected chi connectivity index (χ1v) is 8.41. The Morgan fingerprint density at radius 2 is 1.95 bits per heavy atom. The van der Waals surface area contributed by atoms with Crippen LogP contribution in [-0.2, 0) is 14.6 Å². The highest BCUT2D eigenvalue weighted by atomic mass is 32.2. The first-order chi connectivity index (χ1) is 10.0. The molecule has 0 radical (unpaired) electrons. The van der Waals surface area contributed by atoms with Crippen LogP contribution in [0.5, 0.6) is 0 Å². The van der Waals surface area contributed by atoms with Crippen LogP contribution in [0, 0.1) is 11.3 Å². The molecule has 1 aromatic carbocycles. The minimum Gasteiger partial charge on any atom is -0.443 e. The van der Waals surface area contributed by atoms with Crippen LogP contribution in [0.15, 0.2) is 29.3 Å². The molecule has 0 amide bonds. The van der Waals surface area contributed by atoms with Gasteiger partial charge in [-0.3, -0.25) is 0 Å². The van der Waals surface area contributed by atoms with Crippen LogP contribution in [0.1, 0.15) is 26.5 Å². The highest BCUT2D eigenvalue weighted by molar-refractivity contribution is 7.90. The summed E-state index contributed by atoms with van der Waals surface area (Å²) in [4.78, 5) is 12.3. The van der Waals surface area contributed by atoms with E-state index in [1.807, 2.05) is 6.07 Å². The van der Waals surface area contributed by atoms with Crippen LogP contribution in [0.2, 0.25) is 0 Å². The van der Waals surface area contributed by atoms with E-state index in [-0.39, 0.29) is 10.6 Å². The summed E-state index contributed by atoms with van der Waals surface area (Å²) in [5.74, 6) is 0. The average Bonchev–Trinajstić information content (AvgIpc) is 2.73. The number of carbonyl (C=O) groups is 1. The van der Waals surface area contributed by atoms with Gasteiger partial charge in [0.25, 0.3) is 0 Å². The second-order valence-electron chi connectivity index (χ2n) is 5.96. The standard InChI is InChI=1S/C15H16N2O4S/c1-15(2,3)21-14(18)17-9-10-7-11(22(4,19)20)5-6-12(10)13(17)8-16/h5-7,9H,1-4H3. The summed E-state index contributed by atoms with van der Waals surface area (Å²) in [5, 5.41) is 10.3. The quantitative estimate of drug-likeness (QED) is 0.806. The summed E-state index contributed by atoms with van der Waals surface area (Å²) in [6.07, 6.45) is 1.84. The molecule has 22 heavy (non-hydrogen) atoms. The van der Waals surface area contributed by atoms with Gasteiger partial charge in [0.2, 0.25) is 0 Å². The predicted molar refractivity (Wildman–Crippen MR) is 81.4 cm³/mol. The lowest BCUT2D eigenvalue weighted by atomic mass is 10.2. The molecule has 7 heteroatoms. The summed E-state index contributed by atoms with van der Waals surface area (Å²) in [5.41, 5.74) is -0.581. The number of hydrogen-bond donors (Lipinski definition) is 0. The van der Waals surface area contributed by atoms with Crippen molar-refractivity contribution in [1.82, 2.24) is 4.57 Å². The number of rotatable bonds is 1. The fraction of sp³-hybridized carbons (Fsp3) is 0.333. The first kappa shape index (κ1) is 16.0. The van der Waals surface area contributed by atoms with Gasteiger partial charge in [0.1, 0.15) is 17.4 Å². The molecular formula is C15H16N2O4S. The highest BCUT2D eigenvalue weighted by Crippen LogP contribution is 2.25. The molecule has 1 heterocycles. The Morgan fingerprint density at radius 1 is 1.32 bits per heavy atom. The summed E-state index contributed by atoms with van der Waals surface area (Å²) in [7, 11) is -3.36. The lowest BCUT2D eigenvalue weighted by molar-refractivity contribution is 0.0536. The predicted octanol–water partition coefficient (Wildman–Crippen LogP) is 2.70. The van der Waals surface area contributed by atoms with Gasteiger partial charge in [-0.1, -0.05) is 6.07 Å². The van der Waals surface area contributed by atoms with Crippen molar-refractivity contribution in [1.29, 1.82) is 5.26 Å². The Labute approximate surface area is 128 Å². The van der Waals surface area contributed by atoms with Gasteiger partial charge in [-0.15, -0.1) is 0 Å². The van der Waals surface area contributed by atoms with Gasteiger partial charge < -0.3 is 4.74 Å². The van der Waals surface area contributed by atoms with E-state index in [0.29, 0.717) is 10.8 Å². The van der Waals surface area contributed by atoms with E-state index < -0.39 is 21.5 Å². The zero-order valence-corrected chi connectivity index (χ0v) is 13.6. The summed E-state index contributed by atoms with van der Waals surface area (Å²) in [6, 6.07) is 6.33. The van der Waals surface area contributed by atoms with Crippen molar-refractivity contribution < 1.29 is 17.9 Å². The number of nitriles is 1. The Bertz CT molecular complexity index is 896. The number of hydrogen-bond acceptors (Lipinski definition) is 5. The van der Waals surface area contributed by atoms with Gasteiger partial charge >= 0.3 is 6.09 Å². The number of nitrogens with zero attached hydrogens (tertiary/aromatic N) is 2. The number of benzene rings is 1. The van der Waals surface area contributed by atoms with E-state index in [1.54, 1.807) is 20.8 Å². The summed E-state index contributed by atoms with van der Waals surface area (Å²) in [6.45, 7) is 5.17. The topological polar surface area (TPSA) is 89.2 Å². The maximum atomic E-state index is 12.2. The minimum atomic E-state index is -3.36. The Hall–Kier alpha value is -2.33. The van der Waals surface area contributed by atoms with Crippen LogP contribution in [0.4, 0.5) is 4.79 Å².